The molecule has 3 heteroatoms. The maximum Gasteiger partial charge on any atom is 0.118 e. The fraction of sp³-hybridized carbons (Fsp3) is 0.462. The van der Waals surface area contributed by atoms with Crippen molar-refractivity contribution in [2.45, 2.75) is 18.4 Å². The summed E-state index contributed by atoms with van der Waals surface area (Å²) in [6.07, 6.45) is 1.82. The van der Waals surface area contributed by atoms with E-state index in [1.807, 2.05) is 6.07 Å². The molecule has 0 radical (unpaired) electrons. The predicted octanol–water partition coefficient (Wildman–Crippen LogP) is 1.16. The minimum absolute atomic E-state index is 0.614. The quantitative estimate of drug-likeness (QED) is 0.823. The Morgan fingerprint density at radius 3 is 2.75 bits per heavy atom. The van der Waals surface area contributed by atoms with Crippen molar-refractivity contribution in [3.05, 3.63) is 35.9 Å². The number of hydrogen-bond donors (Lipinski definition) is 1. The van der Waals surface area contributed by atoms with Gasteiger partial charge in [0.1, 0.15) is 5.54 Å². The predicted molar refractivity (Wildman–Crippen MR) is 63.7 cm³/mol. The zero-order valence-corrected chi connectivity index (χ0v) is 9.39. The highest BCUT2D eigenvalue weighted by Crippen LogP contribution is 2.17. The first kappa shape index (κ1) is 11.1. The van der Waals surface area contributed by atoms with Crippen LogP contribution in [-0.2, 0) is 6.42 Å². The number of hydrogen-bond acceptors (Lipinski definition) is 3. The number of rotatable bonds is 3. The van der Waals surface area contributed by atoms with Gasteiger partial charge in [-0.3, -0.25) is 4.90 Å². The average Bonchev–Trinajstić information content (AvgIpc) is 2.71. The van der Waals surface area contributed by atoms with Crippen LogP contribution in [0.4, 0.5) is 0 Å². The second-order valence-electron chi connectivity index (χ2n) is 4.53. The Bertz CT molecular complexity index is 382. The number of nitrogens with zero attached hydrogens (tertiary/aromatic N) is 2. The third kappa shape index (κ3) is 2.60. The van der Waals surface area contributed by atoms with Crippen molar-refractivity contribution in [3.8, 4) is 6.07 Å². The molecular weight excluding hydrogens is 198 g/mol. The van der Waals surface area contributed by atoms with Crippen LogP contribution >= 0.6 is 0 Å². The maximum absolute atomic E-state index is 8.93. The normalized spacial score (nSPS) is 25.5. The lowest BCUT2D eigenvalue weighted by Gasteiger charge is -2.17. The minimum Gasteiger partial charge on any atom is -0.312 e. The lowest BCUT2D eigenvalue weighted by atomic mass is 10.0. The summed E-state index contributed by atoms with van der Waals surface area (Å²) in [5.41, 5.74) is 6.64. The molecule has 0 aromatic heterocycles. The maximum atomic E-state index is 8.93. The van der Waals surface area contributed by atoms with Gasteiger partial charge in [0.2, 0.25) is 0 Å². The molecule has 1 atom stereocenters. The Labute approximate surface area is 96.5 Å². The Balaban J connectivity index is 1.83. The van der Waals surface area contributed by atoms with Crippen LogP contribution in [0.2, 0.25) is 0 Å². The zero-order valence-electron chi connectivity index (χ0n) is 9.39. The summed E-state index contributed by atoms with van der Waals surface area (Å²) < 4.78 is 0. The van der Waals surface area contributed by atoms with E-state index in [0.29, 0.717) is 6.54 Å². The van der Waals surface area contributed by atoms with Crippen LogP contribution in [-0.4, -0.2) is 30.1 Å². The average molecular weight is 215 g/mol. The van der Waals surface area contributed by atoms with E-state index in [-0.39, 0.29) is 0 Å². The van der Waals surface area contributed by atoms with Gasteiger partial charge in [0.25, 0.3) is 0 Å². The number of benzene rings is 1. The third-order valence-electron chi connectivity index (χ3n) is 3.16. The summed E-state index contributed by atoms with van der Waals surface area (Å²) in [5.74, 6) is 0. The molecule has 3 nitrogen and oxygen atoms in total. The Morgan fingerprint density at radius 2 is 2.12 bits per heavy atom. The molecule has 1 fully saturated rings. The highest BCUT2D eigenvalue weighted by molar-refractivity contribution is 5.15. The van der Waals surface area contributed by atoms with Gasteiger partial charge in [-0.15, -0.1) is 0 Å². The molecule has 1 aromatic rings. The van der Waals surface area contributed by atoms with Crippen molar-refractivity contribution in [1.82, 2.24) is 4.90 Å². The first-order valence-corrected chi connectivity index (χ1v) is 5.68. The van der Waals surface area contributed by atoms with E-state index in [9.17, 15) is 0 Å². The van der Waals surface area contributed by atoms with Gasteiger partial charge < -0.3 is 5.73 Å². The van der Waals surface area contributed by atoms with E-state index >= 15 is 0 Å². The van der Waals surface area contributed by atoms with Gasteiger partial charge in [-0.25, -0.2) is 0 Å². The molecule has 1 saturated heterocycles. The van der Waals surface area contributed by atoms with Crippen LogP contribution in [0.5, 0.6) is 0 Å². The Hall–Kier alpha value is -1.37. The molecular formula is C13H17N3. The second kappa shape index (κ2) is 4.65. The van der Waals surface area contributed by atoms with Crippen molar-refractivity contribution in [3.63, 3.8) is 0 Å². The van der Waals surface area contributed by atoms with Crippen molar-refractivity contribution in [1.29, 1.82) is 5.26 Å². The summed E-state index contributed by atoms with van der Waals surface area (Å²) in [7, 11) is 0. The zero-order chi connectivity index (χ0) is 11.4. The van der Waals surface area contributed by atoms with Gasteiger partial charge in [0, 0.05) is 19.6 Å². The second-order valence-corrected chi connectivity index (χ2v) is 4.53. The molecule has 2 rings (SSSR count). The highest BCUT2D eigenvalue weighted by atomic mass is 15.2. The molecule has 2 N–H and O–H groups in total. The molecule has 0 amide bonds. The summed E-state index contributed by atoms with van der Waals surface area (Å²) in [6, 6.07) is 12.6. The van der Waals surface area contributed by atoms with Gasteiger partial charge >= 0.3 is 0 Å². The first-order chi connectivity index (χ1) is 7.72. The van der Waals surface area contributed by atoms with Crippen molar-refractivity contribution in [2.75, 3.05) is 19.6 Å². The van der Waals surface area contributed by atoms with Crippen LogP contribution < -0.4 is 5.73 Å². The van der Waals surface area contributed by atoms with Gasteiger partial charge in [0.15, 0.2) is 0 Å². The number of nitriles is 1. The molecule has 1 aromatic carbocycles. The third-order valence-corrected chi connectivity index (χ3v) is 3.16. The van der Waals surface area contributed by atoms with E-state index in [1.165, 1.54) is 5.56 Å². The van der Waals surface area contributed by atoms with Crippen LogP contribution in [0.25, 0.3) is 0 Å². The van der Waals surface area contributed by atoms with Gasteiger partial charge in [-0.2, -0.15) is 5.26 Å². The molecule has 0 aliphatic carbocycles. The standard InChI is InChI=1S/C13H17N3/c14-10-13(15)7-9-16(11-13)8-6-12-4-2-1-3-5-12/h1-5H,6-9,11,15H2. The molecule has 1 unspecified atom stereocenters. The van der Waals surface area contributed by atoms with E-state index in [0.717, 1.165) is 25.9 Å². The van der Waals surface area contributed by atoms with Crippen molar-refractivity contribution in [2.24, 2.45) is 5.73 Å². The number of likely N-dealkylation sites (tertiary alicyclic amines) is 1. The van der Waals surface area contributed by atoms with E-state index in [2.05, 4.69) is 35.2 Å². The first-order valence-electron chi connectivity index (χ1n) is 5.68. The van der Waals surface area contributed by atoms with E-state index < -0.39 is 5.54 Å². The smallest absolute Gasteiger partial charge is 0.118 e. The monoisotopic (exact) mass is 215 g/mol. The molecule has 0 spiro atoms. The van der Waals surface area contributed by atoms with Crippen LogP contribution in [0, 0.1) is 11.3 Å². The molecule has 1 aliphatic rings. The summed E-state index contributed by atoms with van der Waals surface area (Å²) >= 11 is 0. The van der Waals surface area contributed by atoms with Crippen molar-refractivity contribution >= 4 is 0 Å². The SMILES string of the molecule is N#CC1(N)CCN(CCc2ccccc2)C1. The lowest BCUT2D eigenvalue weighted by Crippen LogP contribution is -2.41. The van der Waals surface area contributed by atoms with E-state index in [4.69, 9.17) is 11.0 Å². The molecule has 84 valence electrons. The topological polar surface area (TPSA) is 53.1 Å². The van der Waals surface area contributed by atoms with Gasteiger partial charge in [0.05, 0.1) is 6.07 Å². The Morgan fingerprint density at radius 1 is 1.38 bits per heavy atom. The largest absolute Gasteiger partial charge is 0.312 e. The fourth-order valence-electron chi connectivity index (χ4n) is 2.13. The van der Waals surface area contributed by atoms with Crippen LogP contribution in [0.1, 0.15) is 12.0 Å². The Kier molecular flexibility index (Phi) is 3.23. The summed E-state index contributed by atoms with van der Waals surface area (Å²) in [6.45, 7) is 2.64. The van der Waals surface area contributed by atoms with Crippen LogP contribution in [0.15, 0.2) is 30.3 Å². The fourth-order valence-corrected chi connectivity index (χ4v) is 2.13. The van der Waals surface area contributed by atoms with Crippen LogP contribution in [0.3, 0.4) is 0 Å². The number of nitrogens with two attached hydrogens (primary N) is 1. The molecule has 1 heterocycles. The van der Waals surface area contributed by atoms with E-state index in [1.54, 1.807) is 0 Å². The molecule has 16 heavy (non-hydrogen) atoms. The molecule has 0 saturated carbocycles. The highest BCUT2D eigenvalue weighted by Gasteiger charge is 2.33. The summed E-state index contributed by atoms with van der Waals surface area (Å²) in [4.78, 5) is 2.27. The summed E-state index contributed by atoms with van der Waals surface area (Å²) in [5, 5.41) is 8.93. The lowest BCUT2D eigenvalue weighted by molar-refractivity contribution is 0.330. The van der Waals surface area contributed by atoms with Gasteiger partial charge in [-0.05, 0) is 18.4 Å². The molecule has 1 aliphatic heterocycles. The van der Waals surface area contributed by atoms with Gasteiger partial charge in [-0.1, -0.05) is 30.3 Å². The molecule has 0 bridgehead atoms. The van der Waals surface area contributed by atoms with Crippen molar-refractivity contribution < 1.29 is 0 Å². The minimum atomic E-state index is -0.614.